The van der Waals surface area contributed by atoms with Crippen LogP contribution in [-0.4, -0.2) is 37.6 Å². The molecule has 21 heavy (non-hydrogen) atoms. The Balaban J connectivity index is 2.09. The van der Waals surface area contributed by atoms with E-state index >= 15 is 0 Å². The Bertz CT molecular complexity index is 421. The fourth-order valence-corrected chi connectivity index (χ4v) is 3.86. The molecule has 0 saturated heterocycles. The van der Waals surface area contributed by atoms with Crippen molar-refractivity contribution in [1.29, 1.82) is 0 Å². The molecule has 1 aliphatic carbocycles. The van der Waals surface area contributed by atoms with Crippen LogP contribution >= 0.6 is 0 Å². The van der Waals surface area contributed by atoms with Crippen molar-refractivity contribution in [2.75, 3.05) is 20.6 Å². The lowest BCUT2D eigenvalue weighted by molar-refractivity contribution is 0.107. The van der Waals surface area contributed by atoms with Crippen LogP contribution in [0.25, 0.3) is 0 Å². The van der Waals surface area contributed by atoms with Gasteiger partial charge in [-0.05, 0) is 50.3 Å². The molecule has 1 saturated carbocycles. The summed E-state index contributed by atoms with van der Waals surface area (Å²) in [6.07, 6.45) is 3.84. The van der Waals surface area contributed by atoms with E-state index in [-0.39, 0.29) is 0 Å². The lowest BCUT2D eigenvalue weighted by atomic mass is 9.77. The first-order valence-corrected chi connectivity index (χ1v) is 8.33. The van der Waals surface area contributed by atoms with Crippen molar-refractivity contribution in [3.63, 3.8) is 0 Å². The van der Waals surface area contributed by atoms with E-state index in [9.17, 15) is 0 Å². The molecular formula is C19H32N2. The highest BCUT2D eigenvalue weighted by Crippen LogP contribution is 2.35. The maximum atomic E-state index is 3.55. The maximum absolute atomic E-state index is 3.55. The number of rotatable bonds is 4. The summed E-state index contributed by atoms with van der Waals surface area (Å²) in [5.74, 6) is 0.711. The summed E-state index contributed by atoms with van der Waals surface area (Å²) < 4.78 is 0. The summed E-state index contributed by atoms with van der Waals surface area (Å²) in [4.78, 5) is 2.58. The minimum Gasteiger partial charge on any atom is -0.315 e. The van der Waals surface area contributed by atoms with Gasteiger partial charge in [0.1, 0.15) is 0 Å². The molecular weight excluding hydrogens is 256 g/mol. The normalized spacial score (nSPS) is 27.0. The molecule has 2 heteroatoms. The molecule has 0 amide bonds. The Morgan fingerprint density at radius 3 is 2.38 bits per heavy atom. The molecule has 1 aromatic rings. The number of hydrogen-bond acceptors (Lipinski definition) is 2. The van der Waals surface area contributed by atoms with E-state index in [2.05, 4.69) is 75.4 Å². The SMILES string of the molecule is CNC1CCC(c2ccccc2)CC1N(C)CC(C)(C)C. The van der Waals surface area contributed by atoms with Crippen molar-refractivity contribution in [3.8, 4) is 0 Å². The second-order valence-corrected chi connectivity index (χ2v) is 7.86. The minimum atomic E-state index is 0.354. The largest absolute Gasteiger partial charge is 0.315 e. The predicted molar refractivity (Wildman–Crippen MR) is 91.8 cm³/mol. The third-order valence-electron chi connectivity index (χ3n) is 4.75. The number of benzene rings is 1. The Hall–Kier alpha value is -0.860. The molecule has 0 spiro atoms. The molecule has 1 aliphatic rings. The molecule has 1 fully saturated rings. The van der Waals surface area contributed by atoms with E-state index in [1.165, 1.54) is 24.8 Å². The summed E-state index contributed by atoms with van der Waals surface area (Å²) in [6, 6.07) is 12.3. The third-order valence-corrected chi connectivity index (χ3v) is 4.75. The summed E-state index contributed by atoms with van der Waals surface area (Å²) >= 11 is 0. The highest BCUT2D eigenvalue weighted by Gasteiger charge is 2.33. The van der Waals surface area contributed by atoms with Gasteiger partial charge in [0.25, 0.3) is 0 Å². The quantitative estimate of drug-likeness (QED) is 0.904. The second-order valence-electron chi connectivity index (χ2n) is 7.86. The van der Waals surface area contributed by atoms with E-state index in [1.807, 2.05) is 0 Å². The Labute approximate surface area is 130 Å². The van der Waals surface area contributed by atoms with Gasteiger partial charge in [0.05, 0.1) is 0 Å². The summed E-state index contributed by atoms with van der Waals surface area (Å²) in [5, 5.41) is 3.55. The van der Waals surface area contributed by atoms with Gasteiger partial charge in [0, 0.05) is 18.6 Å². The van der Waals surface area contributed by atoms with Crippen LogP contribution in [0, 0.1) is 5.41 Å². The van der Waals surface area contributed by atoms with Gasteiger partial charge in [-0.25, -0.2) is 0 Å². The molecule has 118 valence electrons. The highest BCUT2D eigenvalue weighted by molar-refractivity contribution is 5.21. The Morgan fingerprint density at radius 1 is 1.14 bits per heavy atom. The van der Waals surface area contributed by atoms with Crippen molar-refractivity contribution < 1.29 is 0 Å². The van der Waals surface area contributed by atoms with E-state index in [1.54, 1.807) is 0 Å². The summed E-state index contributed by atoms with van der Waals surface area (Å²) in [6.45, 7) is 8.14. The van der Waals surface area contributed by atoms with Gasteiger partial charge in [-0.2, -0.15) is 0 Å². The fraction of sp³-hybridized carbons (Fsp3) is 0.684. The predicted octanol–water partition coefficient (Wildman–Crippen LogP) is 3.89. The van der Waals surface area contributed by atoms with Crippen LogP contribution in [0.15, 0.2) is 30.3 Å². The van der Waals surface area contributed by atoms with Gasteiger partial charge in [-0.3, -0.25) is 0 Å². The first kappa shape index (κ1) is 16.5. The zero-order chi connectivity index (χ0) is 15.5. The van der Waals surface area contributed by atoms with Gasteiger partial charge in [-0.15, -0.1) is 0 Å². The van der Waals surface area contributed by atoms with Gasteiger partial charge >= 0.3 is 0 Å². The number of nitrogens with zero attached hydrogens (tertiary/aromatic N) is 1. The van der Waals surface area contributed by atoms with Crippen LogP contribution in [0.1, 0.15) is 51.5 Å². The van der Waals surface area contributed by atoms with Crippen molar-refractivity contribution in [3.05, 3.63) is 35.9 Å². The maximum Gasteiger partial charge on any atom is 0.0252 e. The van der Waals surface area contributed by atoms with Crippen LogP contribution < -0.4 is 5.32 Å². The third kappa shape index (κ3) is 4.55. The van der Waals surface area contributed by atoms with E-state index < -0.39 is 0 Å². The van der Waals surface area contributed by atoms with E-state index in [0.29, 0.717) is 23.4 Å². The van der Waals surface area contributed by atoms with Crippen LogP contribution in [-0.2, 0) is 0 Å². The fourth-order valence-electron chi connectivity index (χ4n) is 3.86. The van der Waals surface area contributed by atoms with Crippen molar-refractivity contribution in [2.24, 2.45) is 5.41 Å². The minimum absolute atomic E-state index is 0.354. The lowest BCUT2D eigenvalue weighted by Crippen LogP contribution is -2.52. The Kier molecular flexibility index (Phi) is 5.45. The van der Waals surface area contributed by atoms with Crippen LogP contribution in [0.2, 0.25) is 0 Å². The van der Waals surface area contributed by atoms with Gasteiger partial charge < -0.3 is 10.2 Å². The Morgan fingerprint density at radius 2 is 1.81 bits per heavy atom. The summed E-state index contributed by atoms with van der Waals surface area (Å²) in [5.41, 5.74) is 1.87. The first-order valence-electron chi connectivity index (χ1n) is 8.33. The zero-order valence-electron chi connectivity index (χ0n) is 14.4. The standard InChI is InChI=1S/C19H32N2/c1-19(2,3)14-21(5)18-13-16(11-12-17(18)20-4)15-9-7-6-8-10-15/h6-10,16-18,20H,11-14H2,1-5H3. The molecule has 0 heterocycles. The molecule has 3 unspecified atom stereocenters. The molecule has 1 N–H and O–H groups in total. The highest BCUT2D eigenvalue weighted by atomic mass is 15.2. The molecule has 2 rings (SSSR count). The van der Waals surface area contributed by atoms with Crippen molar-refractivity contribution >= 4 is 0 Å². The van der Waals surface area contributed by atoms with Gasteiger partial charge in [-0.1, -0.05) is 51.1 Å². The van der Waals surface area contributed by atoms with E-state index in [4.69, 9.17) is 0 Å². The van der Waals surface area contributed by atoms with Crippen LogP contribution in [0.3, 0.4) is 0 Å². The number of likely N-dealkylation sites (N-methyl/N-ethyl adjacent to an activating group) is 2. The average molecular weight is 288 g/mol. The molecule has 0 aliphatic heterocycles. The second kappa shape index (κ2) is 6.93. The molecule has 0 aromatic heterocycles. The van der Waals surface area contributed by atoms with Gasteiger partial charge in [0.15, 0.2) is 0 Å². The van der Waals surface area contributed by atoms with Crippen molar-refractivity contribution in [1.82, 2.24) is 10.2 Å². The van der Waals surface area contributed by atoms with Crippen LogP contribution in [0.4, 0.5) is 0 Å². The smallest absolute Gasteiger partial charge is 0.0252 e. The van der Waals surface area contributed by atoms with E-state index in [0.717, 1.165) is 6.54 Å². The number of nitrogens with one attached hydrogen (secondary N) is 1. The topological polar surface area (TPSA) is 15.3 Å². The molecule has 1 aromatic carbocycles. The van der Waals surface area contributed by atoms with Crippen molar-refractivity contribution in [2.45, 2.75) is 58.0 Å². The molecule has 2 nitrogen and oxygen atoms in total. The van der Waals surface area contributed by atoms with Gasteiger partial charge in [0.2, 0.25) is 0 Å². The lowest BCUT2D eigenvalue weighted by Gasteiger charge is -2.43. The molecule has 0 bridgehead atoms. The average Bonchev–Trinajstić information content (AvgIpc) is 2.45. The summed E-state index contributed by atoms with van der Waals surface area (Å²) in [7, 11) is 4.42. The molecule has 3 atom stereocenters. The zero-order valence-corrected chi connectivity index (χ0v) is 14.4. The molecule has 0 radical (unpaired) electrons. The first-order chi connectivity index (χ1) is 9.90. The number of hydrogen-bond donors (Lipinski definition) is 1. The monoisotopic (exact) mass is 288 g/mol. The van der Waals surface area contributed by atoms with Crippen LogP contribution in [0.5, 0.6) is 0 Å².